The van der Waals surface area contributed by atoms with Crippen molar-refractivity contribution in [1.82, 2.24) is 0 Å². The summed E-state index contributed by atoms with van der Waals surface area (Å²) < 4.78 is 10.2. The van der Waals surface area contributed by atoms with E-state index < -0.39 is 0 Å². The third-order valence-corrected chi connectivity index (χ3v) is 3.88. The molecule has 5 heteroatoms. The van der Waals surface area contributed by atoms with Gasteiger partial charge >= 0.3 is 0 Å². The normalized spacial score (nSPS) is 10.9. The summed E-state index contributed by atoms with van der Waals surface area (Å²) in [5.41, 5.74) is 1.56. The first-order valence-corrected chi connectivity index (χ1v) is 7.23. The second kappa shape index (κ2) is 7.08. The maximum atomic E-state index is 6.20. The van der Waals surface area contributed by atoms with E-state index in [1.54, 1.807) is 32.4 Å². The molecule has 0 unspecified atom stereocenters. The fourth-order valence-electron chi connectivity index (χ4n) is 1.78. The molecule has 2 nitrogen and oxygen atoms in total. The lowest BCUT2D eigenvalue weighted by molar-refractivity contribution is 0.414. The molecule has 0 bridgehead atoms. The van der Waals surface area contributed by atoms with Crippen LogP contribution < -0.4 is 9.47 Å². The SMILES string of the molecule is COc1ccc(/C=C\c2c(Cl)cc(OC)cc2Cl)c(Cl)c1. The molecule has 0 aliphatic carbocycles. The van der Waals surface area contributed by atoms with Gasteiger partial charge in [0.05, 0.1) is 29.3 Å². The summed E-state index contributed by atoms with van der Waals surface area (Å²) >= 11 is 18.6. The average Bonchev–Trinajstić information content (AvgIpc) is 2.47. The van der Waals surface area contributed by atoms with Crippen LogP contribution in [0, 0.1) is 0 Å². The standard InChI is InChI=1S/C16H13Cl3O2/c1-20-11-5-3-10(14(17)7-11)4-6-13-15(18)8-12(21-2)9-16(13)19/h3-9H,1-2H3/b6-4-. The van der Waals surface area contributed by atoms with E-state index in [4.69, 9.17) is 44.3 Å². The van der Waals surface area contributed by atoms with Crippen LogP contribution >= 0.6 is 34.8 Å². The summed E-state index contributed by atoms with van der Waals surface area (Å²) in [6, 6.07) is 8.87. The maximum absolute atomic E-state index is 6.20. The number of benzene rings is 2. The van der Waals surface area contributed by atoms with Crippen LogP contribution in [-0.2, 0) is 0 Å². The Morgan fingerprint density at radius 3 is 1.86 bits per heavy atom. The van der Waals surface area contributed by atoms with E-state index in [9.17, 15) is 0 Å². The van der Waals surface area contributed by atoms with Crippen molar-refractivity contribution in [2.75, 3.05) is 14.2 Å². The van der Waals surface area contributed by atoms with Crippen LogP contribution in [0.1, 0.15) is 11.1 Å². The number of hydrogen-bond donors (Lipinski definition) is 0. The predicted molar refractivity (Wildman–Crippen MR) is 89.9 cm³/mol. The topological polar surface area (TPSA) is 18.5 Å². The fraction of sp³-hybridized carbons (Fsp3) is 0.125. The molecular formula is C16H13Cl3O2. The monoisotopic (exact) mass is 342 g/mol. The number of rotatable bonds is 4. The van der Waals surface area contributed by atoms with Crippen molar-refractivity contribution in [2.45, 2.75) is 0 Å². The molecule has 0 saturated heterocycles. The van der Waals surface area contributed by atoms with E-state index in [0.29, 0.717) is 32.1 Å². The van der Waals surface area contributed by atoms with Crippen molar-refractivity contribution in [3.63, 3.8) is 0 Å². The zero-order valence-corrected chi connectivity index (χ0v) is 13.8. The van der Waals surface area contributed by atoms with Crippen LogP contribution in [0.2, 0.25) is 15.1 Å². The summed E-state index contributed by atoms with van der Waals surface area (Å²) in [7, 11) is 3.16. The van der Waals surface area contributed by atoms with Gasteiger partial charge in [0.2, 0.25) is 0 Å². The van der Waals surface area contributed by atoms with Gasteiger partial charge in [-0.05, 0) is 35.9 Å². The molecule has 0 saturated carbocycles. The highest BCUT2D eigenvalue weighted by Gasteiger charge is 2.06. The summed E-state index contributed by atoms with van der Waals surface area (Å²) in [5.74, 6) is 1.32. The average molecular weight is 344 g/mol. The van der Waals surface area contributed by atoms with Gasteiger partial charge in [-0.25, -0.2) is 0 Å². The van der Waals surface area contributed by atoms with Gasteiger partial charge in [-0.1, -0.05) is 47.0 Å². The number of ether oxygens (including phenoxy) is 2. The van der Waals surface area contributed by atoms with Crippen LogP contribution in [-0.4, -0.2) is 14.2 Å². The van der Waals surface area contributed by atoms with E-state index in [0.717, 1.165) is 5.56 Å². The second-order valence-electron chi connectivity index (χ2n) is 4.23. The summed E-state index contributed by atoms with van der Waals surface area (Å²) in [5, 5.41) is 1.62. The zero-order chi connectivity index (χ0) is 15.4. The Balaban J connectivity index is 2.33. The lowest BCUT2D eigenvalue weighted by atomic mass is 10.1. The van der Waals surface area contributed by atoms with Crippen molar-refractivity contribution >= 4 is 47.0 Å². The Hall–Kier alpha value is -1.35. The molecule has 0 fully saturated rings. The molecule has 0 heterocycles. The van der Waals surface area contributed by atoms with Gasteiger partial charge in [-0.15, -0.1) is 0 Å². The van der Waals surface area contributed by atoms with Gasteiger partial charge in [-0.2, -0.15) is 0 Å². The molecule has 2 rings (SSSR count). The molecule has 21 heavy (non-hydrogen) atoms. The maximum Gasteiger partial charge on any atom is 0.121 e. The number of methoxy groups -OCH3 is 2. The van der Waals surface area contributed by atoms with E-state index in [1.807, 2.05) is 24.3 Å². The van der Waals surface area contributed by atoms with E-state index >= 15 is 0 Å². The minimum absolute atomic E-state index is 0.514. The van der Waals surface area contributed by atoms with Crippen LogP contribution in [0.3, 0.4) is 0 Å². The van der Waals surface area contributed by atoms with Crippen molar-refractivity contribution in [1.29, 1.82) is 0 Å². The van der Waals surface area contributed by atoms with E-state index in [1.165, 1.54) is 0 Å². The summed E-state index contributed by atoms with van der Waals surface area (Å²) in [4.78, 5) is 0. The summed E-state index contributed by atoms with van der Waals surface area (Å²) in [6.07, 6.45) is 3.67. The van der Waals surface area contributed by atoms with Gasteiger partial charge in [0.1, 0.15) is 11.5 Å². The highest BCUT2D eigenvalue weighted by Crippen LogP contribution is 2.32. The highest BCUT2D eigenvalue weighted by atomic mass is 35.5. The van der Waals surface area contributed by atoms with Gasteiger partial charge in [-0.3, -0.25) is 0 Å². The van der Waals surface area contributed by atoms with Gasteiger partial charge in [0.15, 0.2) is 0 Å². The molecule has 0 aliphatic heterocycles. The first kappa shape index (κ1) is 16.0. The smallest absolute Gasteiger partial charge is 0.121 e. The van der Waals surface area contributed by atoms with Crippen molar-refractivity contribution < 1.29 is 9.47 Å². The molecule has 110 valence electrons. The first-order chi connectivity index (χ1) is 10.0. The Morgan fingerprint density at radius 1 is 0.762 bits per heavy atom. The van der Waals surface area contributed by atoms with Gasteiger partial charge in [0, 0.05) is 5.56 Å². The van der Waals surface area contributed by atoms with Crippen LogP contribution in [0.5, 0.6) is 11.5 Å². The quantitative estimate of drug-likeness (QED) is 0.650. The van der Waals surface area contributed by atoms with Gasteiger partial charge < -0.3 is 9.47 Å². The third kappa shape index (κ3) is 3.85. The fourth-order valence-corrected chi connectivity index (χ4v) is 2.61. The molecule has 0 N–H and O–H groups in total. The van der Waals surface area contributed by atoms with Crippen LogP contribution in [0.4, 0.5) is 0 Å². The van der Waals surface area contributed by atoms with Crippen molar-refractivity contribution in [2.24, 2.45) is 0 Å². The van der Waals surface area contributed by atoms with Crippen LogP contribution in [0.15, 0.2) is 30.3 Å². The largest absolute Gasteiger partial charge is 0.497 e. The predicted octanol–water partition coefficient (Wildman–Crippen LogP) is 5.83. The molecule has 0 amide bonds. The molecule has 0 aliphatic rings. The lowest BCUT2D eigenvalue weighted by Crippen LogP contribution is -1.86. The number of halogens is 3. The minimum Gasteiger partial charge on any atom is -0.497 e. The molecule has 2 aromatic carbocycles. The first-order valence-electron chi connectivity index (χ1n) is 6.10. The molecule has 0 spiro atoms. The molecule has 0 atom stereocenters. The van der Waals surface area contributed by atoms with Crippen molar-refractivity contribution in [3.8, 4) is 11.5 Å². The van der Waals surface area contributed by atoms with Gasteiger partial charge in [0.25, 0.3) is 0 Å². The Kier molecular flexibility index (Phi) is 5.40. The highest BCUT2D eigenvalue weighted by molar-refractivity contribution is 6.37. The van der Waals surface area contributed by atoms with Crippen LogP contribution in [0.25, 0.3) is 12.2 Å². The summed E-state index contributed by atoms with van der Waals surface area (Å²) in [6.45, 7) is 0. The van der Waals surface area contributed by atoms with E-state index in [2.05, 4.69) is 0 Å². The minimum atomic E-state index is 0.514. The molecular weight excluding hydrogens is 331 g/mol. The zero-order valence-electron chi connectivity index (χ0n) is 11.5. The Bertz CT molecular complexity index is 658. The molecule has 0 aromatic heterocycles. The Labute approximate surface area is 138 Å². The number of hydrogen-bond acceptors (Lipinski definition) is 2. The van der Waals surface area contributed by atoms with Crippen molar-refractivity contribution in [3.05, 3.63) is 56.5 Å². The molecule has 2 aromatic rings. The second-order valence-corrected chi connectivity index (χ2v) is 5.45. The van der Waals surface area contributed by atoms with E-state index in [-0.39, 0.29) is 0 Å². The Morgan fingerprint density at radius 2 is 1.33 bits per heavy atom. The molecule has 0 radical (unpaired) electrons. The lowest BCUT2D eigenvalue weighted by Gasteiger charge is -2.06. The third-order valence-electron chi connectivity index (χ3n) is 2.93.